The maximum absolute atomic E-state index is 13.3. The molecule has 14 heavy (non-hydrogen) atoms. The second kappa shape index (κ2) is 3.96. The number of rotatable bonds is 1. The van der Waals surface area contributed by atoms with Gasteiger partial charge in [0.1, 0.15) is 11.7 Å². The molecule has 1 N–H and O–H groups in total. The summed E-state index contributed by atoms with van der Waals surface area (Å²) in [7, 11) is 0. The van der Waals surface area contributed by atoms with Gasteiger partial charge in [-0.15, -0.1) is 0 Å². The van der Waals surface area contributed by atoms with Crippen LogP contribution in [0.5, 0.6) is 0 Å². The normalized spacial score (nSPS) is 15.4. The summed E-state index contributed by atoms with van der Waals surface area (Å²) in [6.07, 6.45) is 1.89. The molecule has 1 aromatic carbocycles. The maximum Gasteiger partial charge on any atom is 0.148 e. The molecule has 1 heterocycles. The van der Waals surface area contributed by atoms with Gasteiger partial charge in [0.2, 0.25) is 0 Å². The van der Waals surface area contributed by atoms with Gasteiger partial charge in [-0.1, -0.05) is 17.7 Å². The van der Waals surface area contributed by atoms with Crippen molar-refractivity contribution >= 4 is 23.1 Å². The smallest absolute Gasteiger partial charge is 0.148 e. The molecule has 4 heteroatoms. The minimum absolute atomic E-state index is 0.329. The van der Waals surface area contributed by atoms with E-state index in [4.69, 9.17) is 11.6 Å². The highest BCUT2D eigenvalue weighted by molar-refractivity contribution is 6.33. The number of nitrogens with zero attached hydrogens (tertiary/aromatic N) is 1. The quantitative estimate of drug-likeness (QED) is 0.760. The van der Waals surface area contributed by atoms with E-state index in [1.165, 1.54) is 6.07 Å². The molecule has 0 aliphatic carbocycles. The molecule has 0 saturated carbocycles. The van der Waals surface area contributed by atoms with Crippen LogP contribution in [-0.2, 0) is 0 Å². The van der Waals surface area contributed by atoms with E-state index in [2.05, 4.69) is 10.3 Å². The van der Waals surface area contributed by atoms with Crippen molar-refractivity contribution < 1.29 is 4.39 Å². The first-order valence-corrected chi connectivity index (χ1v) is 4.89. The third-order valence-corrected chi connectivity index (χ3v) is 2.42. The van der Waals surface area contributed by atoms with Crippen LogP contribution in [0.3, 0.4) is 0 Å². The molecule has 0 bridgehead atoms. The van der Waals surface area contributed by atoms with E-state index in [1.807, 2.05) is 0 Å². The number of anilines is 1. The number of nitrogens with one attached hydrogen (secondary N) is 1. The fraction of sp³-hybridized carbons (Fsp3) is 0.300. The average Bonchev–Trinajstić information content (AvgIpc) is 2.64. The van der Waals surface area contributed by atoms with Gasteiger partial charge in [-0.3, -0.25) is 4.99 Å². The van der Waals surface area contributed by atoms with Crippen LogP contribution < -0.4 is 5.32 Å². The van der Waals surface area contributed by atoms with Crippen LogP contribution >= 0.6 is 11.6 Å². The van der Waals surface area contributed by atoms with Crippen LogP contribution in [0.25, 0.3) is 0 Å². The minimum Gasteiger partial charge on any atom is -0.340 e. The fourth-order valence-electron chi connectivity index (χ4n) is 1.40. The van der Waals surface area contributed by atoms with Gasteiger partial charge in [0.05, 0.1) is 10.7 Å². The lowest BCUT2D eigenvalue weighted by Crippen LogP contribution is -2.10. The number of benzene rings is 1. The Hall–Kier alpha value is -1.09. The summed E-state index contributed by atoms with van der Waals surface area (Å²) in [5.41, 5.74) is 0.329. The predicted molar refractivity (Wildman–Crippen MR) is 56.6 cm³/mol. The van der Waals surface area contributed by atoms with Gasteiger partial charge in [-0.2, -0.15) is 0 Å². The number of para-hydroxylation sites is 1. The van der Waals surface area contributed by atoms with Crippen LogP contribution in [0.4, 0.5) is 10.1 Å². The highest BCUT2D eigenvalue weighted by atomic mass is 35.5. The third-order valence-electron chi connectivity index (χ3n) is 2.11. The molecule has 74 valence electrons. The summed E-state index contributed by atoms with van der Waals surface area (Å²) in [5, 5.41) is 3.31. The number of halogens is 2. The average molecular weight is 213 g/mol. The largest absolute Gasteiger partial charge is 0.340 e. The van der Waals surface area contributed by atoms with E-state index in [9.17, 15) is 4.39 Å². The number of hydrogen-bond acceptors (Lipinski definition) is 2. The Kier molecular flexibility index (Phi) is 2.68. The Bertz CT molecular complexity index is 356. The van der Waals surface area contributed by atoms with Gasteiger partial charge in [0, 0.05) is 13.0 Å². The Labute approximate surface area is 86.8 Å². The lowest BCUT2D eigenvalue weighted by molar-refractivity contribution is 0.632. The van der Waals surface area contributed by atoms with Gasteiger partial charge in [-0.05, 0) is 18.6 Å². The van der Waals surface area contributed by atoms with E-state index in [1.54, 1.807) is 12.1 Å². The van der Waals surface area contributed by atoms with Crippen LogP contribution in [0, 0.1) is 5.82 Å². The van der Waals surface area contributed by atoms with E-state index in [-0.39, 0.29) is 5.82 Å². The zero-order valence-electron chi connectivity index (χ0n) is 7.56. The minimum atomic E-state index is -0.341. The molecule has 0 aromatic heterocycles. The molecule has 1 aliphatic rings. The van der Waals surface area contributed by atoms with Crippen molar-refractivity contribution in [2.45, 2.75) is 12.8 Å². The molecule has 0 unspecified atom stereocenters. The van der Waals surface area contributed by atoms with Gasteiger partial charge >= 0.3 is 0 Å². The molecular weight excluding hydrogens is 203 g/mol. The zero-order chi connectivity index (χ0) is 9.97. The van der Waals surface area contributed by atoms with Gasteiger partial charge in [0.25, 0.3) is 0 Å². The lowest BCUT2D eigenvalue weighted by atomic mass is 10.3. The van der Waals surface area contributed by atoms with Gasteiger partial charge < -0.3 is 5.32 Å². The molecule has 2 rings (SSSR count). The second-order valence-corrected chi connectivity index (χ2v) is 3.56. The molecule has 0 spiro atoms. The van der Waals surface area contributed by atoms with Crippen molar-refractivity contribution in [1.29, 1.82) is 0 Å². The van der Waals surface area contributed by atoms with E-state index in [0.29, 0.717) is 10.7 Å². The summed E-state index contributed by atoms with van der Waals surface area (Å²) < 4.78 is 13.3. The first-order valence-electron chi connectivity index (χ1n) is 4.52. The first-order chi connectivity index (χ1) is 6.77. The number of hydrogen-bond donors (Lipinski definition) is 1. The lowest BCUT2D eigenvalue weighted by Gasteiger charge is -2.08. The van der Waals surface area contributed by atoms with Crippen molar-refractivity contribution in [3.63, 3.8) is 0 Å². The Balaban J connectivity index is 2.23. The van der Waals surface area contributed by atoms with Crippen molar-refractivity contribution in [2.24, 2.45) is 4.99 Å². The summed E-state index contributed by atoms with van der Waals surface area (Å²) >= 11 is 5.85. The SMILES string of the molecule is Fc1cccc(Cl)c1NC1=NCCC1. The Morgan fingerprint density at radius 3 is 2.93 bits per heavy atom. The molecule has 1 aromatic rings. The van der Waals surface area contributed by atoms with Gasteiger partial charge in [0.15, 0.2) is 0 Å². The van der Waals surface area contributed by atoms with E-state index >= 15 is 0 Å². The van der Waals surface area contributed by atoms with Crippen molar-refractivity contribution in [3.8, 4) is 0 Å². The number of aliphatic imine (C=N–C) groups is 1. The maximum atomic E-state index is 13.3. The molecule has 2 nitrogen and oxygen atoms in total. The monoisotopic (exact) mass is 212 g/mol. The Morgan fingerprint density at radius 1 is 1.43 bits per heavy atom. The molecular formula is C10H10ClFN2. The van der Waals surface area contributed by atoms with Crippen LogP contribution in [-0.4, -0.2) is 12.4 Å². The summed E-state index contributed by atoms with van der Waals surface area (Å²) in [6.45, 7) is 0.814. The summed E-state index contributed by atoms with van der Waals surface area (Å²) in [5.74, 6) is 0.476. The molecule has 0 fully saturated rings. The van der Waals surface area contributed by atoms with E-state index < -0.39 is 0 Å². The molecule has 0 amide bonds. The van der Waals surface area contributed by atoms with Crippen LogP contribution in [0.2, 0.25) is 5.02 Å². The van der Waals surface area contributed by atoms with Crippen molar-refractivity contribution in [1.82, 2.24) is 0 Å². The van der Waals surface area contributed by atoms with Crippen molar-refractivity contribution in [2.75, 3.05) is 11.9 Å². The first kappa shape index (κ1) is 9.46. The zero-order valence-corrected chi connectivity index (χ0v) is 8.31. The number of amidine groups is 1. The molecule has 0 saturated heterocycles. The summed E-state index contributed by atoms with van der Waals surface area (Å²) in [4.78, 5) is 4.19. The third kappa shape index (κ3) is 1.87. The second-order valence-electron chi connectivity index (χ2n) is 3.15. The summed E-state index contributed by atoms with van der Waals surface area (Å²) in [6, 6.07) is 4.62. The van der Waals surface area contributed by atoms with E-state index in [0.717, 1.165) is 25.2 Å². The highest BCUT2D eigenvalue weighted by Crippen LogP contribution is 2.25. The fourth-order valence-corrected chi connectivity index (χ4v) is 1.61. The van der Waals surface area contributed by atoms with Crippen LogP contribution in [0.1, 0.15) is 12.8 Å². The highest BCUT2D eigenvalue weighted by Gasteiger charge is 2.11. The predicted octanol–water partition coefficient (Wildman–Crippen LogP) is 3.08. The van der Waals surface area contributed by atoms with Crippen molar-refractivity contribution in [3.05, 3.63) is 29.0 Å². The standard InChI is InChI=1S/C10H10ClFN2/c11-7-3-1-4-8(12)10(7)14-9-5-2-6-13-9/h1,3-4H,2,5-6H2,(H,13,14). The Morgan fingerprint density at radius 2 is 2.29 bits per heavy atom. The molecule has 1 aliphatic heterocycles. The molecule has 0 radical (unpaired) electrons. The van der Waals surface area contributed by atoms with Gasteiger partial charge in [-0.25, -0.2) is 4.39 Å². The molecule has 0 atom stereocenters. The topological polar surface area (TPSA) is 24.4 Å². The van der Waals surface area contributed by atoms with Crippen LogP contribution in [0.15, 0.2) is 23.2 Å².